The summed E-state index contributed by atoms with van der Waals surface area (Å²) in [7, 11) is 0. The molecule has 1 heterocycles. The fraction of sp³-hybridized carbons (Fsp3) is 0.318. The number of carbonyl (C=O) groups is 1. The number of aromatic nitrogens is 3. The zero-order valence-electron chi connectivity index (χ0n) is 17.4. The lowest BCUT2D eigenvalue weighted by Crippen LogP contribution is -2.35. The van der Waals surface area contributed by atoms with Crippen molar-refractivity contribution >= 4 is 40.9 Å². The van der Waals surface area contributed by atoms with Gasteiger partial charge in [0.15, 0.2) is 11.0 Å². The number of carbonyl (C=O) groups excluding carboxylic acids is 1. The van der Waals surface area contributed by atoms with Crippen LogP contribution in [0.5, 0.6) is 0 Å². The van der Waals surface area contributed by atoms with Crippen LogP contribution in [0.1, 0.15) is 37.7 Å². The van der Waals surface area contributed by atoms with Crippen LogP contribution in [-0.2, 0) is 17.1 Å². The number of rotatable bonds is 6. The third-order valence-corrected chi connectivity index (χ3v) is 6.09. The minimum Gasteiger partial charge on any atom is -0.348 e. The molecule has 0 fully saturated rings. The van der Waals surface area contributed by atoms with Crippen molar-refractivity contribution in [2.75, 3.05) is 0 Å². The normalized spacial score (nSPS) is 11.5. The average Bonchev–Trinajstić information content (AvgIpc) is 3.09. The van der Waals surface area contributed by atoms with Crippen molar-refractivity contribution in [3.63, 3.8) is 0 Å². The number of nitrogens with one attached hydrogen (secondary N) is 1. The summed E-state index contributed by atoms with van der Waals surface area (Å²) in [6.45, 7) is 7.91. The highest BCUT2D eigenvalue weighted by Crippen LogP contribution is 2.31. The zero-order valence-corrected chi connectivity index (χ0v) is 19.7. The maximum atomic E-state index is 12.3. The second-order valence-corrected chi connectivity index (χ2v) is 9.76. The molecule has 0 aliphatic rings. The van der Waals surface area contributed by atoms with Gasteiger partial charge < -0.3 is 5.32 Å². The summed E-state index contributed by atoms with van der Waals surface area (Å²) < 4.78 is 1.86. The van der Waals surface area contributed by atoms with E-state index < -0.39 is 5.41 Å². The SMILES string of the molecule is Cc1ccccc1CSc1nnc(CNC(=O)C(C)(C)C)n1-c1cc(Cl)ccc1Cl. The van der Waals surface area contributed by atoms with Crippen molar-refractivity contribution in [3.05, 3.63) is 69.5 Å². The fourth-order valence-corrected chi connectivity index (χ4v) is 4.15. The van der Waals surface area contributed by atoms with E-state index in [0.29, 0.717) is 26.7 Å². The summed E-state index contributed by atoms with van der Waals surface area (Å²) in [5.74, 6) is 1.25. The van der Waals surface area contributed by atoms with Gasteiger partial charge in [-0.3, -0.25) is 9.36 Å². The molecule has 8 heteroatoms. The van der Waals surface area contributed by atoms with Crippen molar-refractivity contribution in [3.8, 4) is 5.69 Å². The standard InChI is InChI=1S/C22H24Cl2N4OS/c1-14-7-5-6-8-15(14)13-30-21-27-26-19(12-25-20(29)22(2,3)4)28(21)18-11-16(23)9-10-17(18)24/h5-11H,12-13H2,1-4H3,(H,25,29). The summed E-state index contributed by atoms with van der Waals surface area (Å²) in [5.41, 5.74) is 2.62. The van der Waals surface area contributed by atoms with Crippen molar-refractivity contribution in [2.45, 2.75) is 45.1 Å². The summed E-state index contributed by atoms with van der Waals surface area (Å²) >= 11 is 14.3. The third kappa shape index (κ3) is 5.36. The van der Waals surface area contributed by atoms with Gasteiger partial charge in [0.25, 0.3) is 0 Å². The van der Waals surface area contributed by atoms with Gasteiger partial charge in [0.1, 0.15) is 0 Å². The molecule has 30 heavy (non-hydrogen) atoms. The number of aryl methyl sites for hydroxylation is 1. The summed E-state index contributed by atoms with van der Waals surface area (Å²) in [6.07, 6.45) is 0. The number of hydrogen-bond donors (Lipinski definition) is 1. The first-order valence-corrected chi connectivity index (χ1v) is 11.3. The van der Waals surface area contributed by atoms with Gasteiger partial charge in [0.2, 0.25) is 5.91 Å². The first-order chi connectivity index (χ1) is 14.2. The van der Waals surface area contributed by atoms with Gasteiger partial charge in [-0.1, -0.05) is 80.0 Å². The van der Waals surface area contributed by atoms with Crippen LogP contribution in [0.4, 0.5) is 0 Å². The van der Waals surface area contributed by atoms with Crippen LogP contribution in [-0.4, -0.2) is 20.7 Å². The smallest absolute Gasteiger partial charge is 0.225 e. The quantitative estimate of drug-likeness (QED) is 0.467. The predicted octanol–water partition coefficient (Wildman–Crippen LogP) is 5.84. The topological polar surface area (TPSA) is 59.8 Å². The molecule has 1 amide bonds. The molecule has 1 aromatic heterocycles. The van der Waals surface area contributed by atoms with Gasteiger partial charge in [-0.05, 0) is 36.2 Å². The molecule has 0 radical (unpaired) electrons. The molecule has 0 spiro atoms. The summed E-state index contributed by atoms with van der Waals surface area (Å²) in [6, 6.07) is 13.5. The number of benzene rings is 2. The van der Waals surface area contributed by atoms with E-state index in [9.17, 15) is 4.79 Å². The van der Waals surface area contributed by atoms with Crippen LogP contribution in [0, 0.1) is 12.3 Å². The zero-order chi connectivity index (χ0) is 21.9. The van der Waals surface area contributed by atoms with Gasteiger partial charge >= 0.3 is 0 Å². The molecular formula is C22H24Cl2N4OS. The molecule has 0 bridgehead atoms. The molecular weight excluding hydrogens is 439 g/mol. The summed E-state index contributed by atoms with van der Waals surface area (Å²) in [5, 5.41) is 13.4. The second-order valence-electron chi connectivity index (χ2n) is 7.98. The van der Waals surface area contributed by atoms with Gasteiger partial charge in [-0.15, -0.1) is 10.2 Å². The van der Waals surface area contributed by atoms with Crippen LogP contribution in [0.25, 0.3) is 5.69 Å². The molecule has 3 aromatic rings. The molecule has 0 saturated heterocycles. The molecule has 158 valence electrons. The second kappa shape index (κ2) is 9.41. The summed E-state index contributed by atoms with van der Waals surface area (Å²) in [4.78, 5) is 12.3. The maximum Gasteiger partial charge on any atom is 0.225 e. The Kier molecular flexibility index (Phi) is 7.11. The number of amides is 1. The van der Waals surface area contributed by atoms with E-state index in [4.69, 9.17) is 23.2 Å². The molecule has 0 aliphatic carbocycles. The monoisotopic (exact) mass is 462 g/mol. The molecule has 5 nitrogen and oxygen atoms in total. The van der Waals surface area contributed by atoms with E-state index in [1.54, 1.807) is 30.0 Å². The highest BCUT2D eigenvalue weighted by atomic mass is 35.5. The van der Waals surface area contributed by atoms with Crippen LogP contribution >= 0.6 is 35.0 Å². The van der Waals surface area contributed by atoms with Gasteiger partial charge in [0, 0.05) is 16.2 Å². The molecule has 3 rings (SSSR count). The largest absolute Gasteiger partial charge is 0.348 e. The molecule has 0 atom stereocenters. The van der Waals surface area contributed by atoms with Crippen molar-refractivity contribution < 1.29 is 4.79 Å². The van der Waals surface area contributed by atoms with E-state index in [1.165, 1.54) is 11.1 Å². The highest BCUT2D eigenvalue weighted by molar-refractivity contribution is 7.98. The highest BCUT2D eigenvalue weighted by Gasteiger charge is 2.23. The van der Waals surface area contributed by atoms with Gasteiger partial charge in [-0.2, -0.15) is 0 Å². The minimum atomic E-state index is -0.499. The van der Waals surface area contributed by atoms with Crippen molar-refractivity contribution in [1.29, 1.82) is 0 Å². The Hall–Kier alpha value is -2.02. The van der Waals surface area contributed by atoms with Crippen LogP contribution < -0.4 is 5.32 Å². The van der Waals surface area contributed by atoms with Crippen molar-refractivity contribution in [1.82, 2.24) is 20.1 Å². The first kappa shape index (κ1) is 22.7. The van der Waals surface area contributed by atoms with E-state index in [2.05, 4.69) is 34.6 Å². The molecule has 1 N–H and O–H groups in total. The molecule has 0 unspecified atom stereocenters. The van der Waals surface area contributed by atoms with Crippen LogP contribution in [0.3, 0.4) is 0 Å². The van der Waals surface area contributed by atoms with E-state index in [-0.39, 0.29) is 12.5 Å². The lowest BCUT2D eigenvalue weighted by Gasteiger charge is -2.18. The Balaban J connectivity index is 1.94. The number of thioether (sulfide) groups is 1. The van der Waals surface area contributed by atoms with Crippen LogP contribution in [0.15, 0.2) is 47.6 Å². The van der Waals surface area contributed by atoms with E-state index in [1.807, 2.05) is 37.5 Å². The Morgan fingerprint density at radius 2 is 1.87 bits per heavy atom. The maximum absolute atomic E-state index is 12.3. The average molecular weight is 463 g/mol. The molecule has 0 aliphatic heterocycles. The first-order valence-electron chi connectivity index (χ1n) is 9.52. The Morgan fingerprint density at radius 1 is 1.13 bits per heavy atom. The molecule has 2 aromatic carbocycles. The lowest BCUT2D eigenvalue weighted by molar-refractivity contribution is -0.128. The molecule has 0 saturated carbocycles. The number of halogens is 2. The minimum absolute atomic E-state index is 0.0663. The Bertz CT molecular complexity index is 1060. The third-order valence-electron chi connectivity index (χ3n) is 4.56. The van der Waals surface area contributed by atoms with Gasteiger partial charge in [0.05, 0.1) is 17.3 Å². The number of nitrogens with zero attached hydrogens (tertiary/aromatic N) is 3. The van der Waals surface area contributed by atoms with E-state index >= 15 is 0 Å². The lowest BCUT2D eigenvalue weighted by atomic mass is 9.96. The Labute approximate surface area is 191 Å². The number of hydrogen-bond acceptors (Lipinski definition) is 4. The predicted molar refractivity (Wildman–Crippen MR) is 123 cm³/mol. The van der Waals surface area contributed by atoms with Crippen LogP contribution in [0.2, 0.25) is 10.0 Å². The van der Waals surface area contributed by atoms with E-state index in [0.717, 1.165) is 5.75 Å². The Morgan fingerprint density at radius 3 is 2.57 bits per heavy atom. The van der Waals surface area contributed by atoms with Crippen molar-refractivity contribution in [2.24, 2.45) is 5.41 Å². The fourth-order valence-electron chi connectivity index (χ4n) is 2.75. The van der Waals surface area contributed by atoms with Gasteiger partial charge in [-0.25, -0.2) is 0 Å².